The van der Waals surface area contributed by atoms with Gasteiger partial charge in [-0.3, -0.25) is 0 Å². The van der Waals surface area contributed by atoms with E-state index in [1.165, 1.54) is 18.4 Å². The summed E-state index contributed by atoms with van der Waals surface area (Å²) in [6, 6.07) is 6.32. The summed E-state index contributed by atoms with van der Waals surface area (Å²) in [4.78, 5) is 0. The Balaban J connectivity index is 1.88. The van der Waals surface area contributed by atoms with E-state index in [4.69, 9.17) is 11.6 Å². The van der Waals surface area contributed by atoms with Gasteiger partial charge in [0.1, 0.15) is 0 Å². The summed E-state index contributed by atoms with van der Waals surface area (Å²) in [6.07, 6.45) is 2.51. The molecular formula is C13H17BrClN. The molecule has 2 atom stereocenters. The zero-order valence-electron chi connectivity index (χ0n) is 9.47. The van der Waals surface area contributed by atoms with Crippen LogP contribution in [0.1, 0.15) is 31.2 Å². The number of rotatable bonds is 5. The van der Waals surface area contributed by atoms with Gasteiger partial charge in [-0.15, -0.1) is 0 Å². The Morgan fingerprint density at radius 2 is 2.31 bits per heavy atom. The van der Waals surface area contributed by atoms with Crippen molar-refractivity contribution < 1.29 is 0 Å². The van der Waals surface area contributed by atoms with E-state index in [-0.39, 0.29) is 0 Å². The number of nitrogens with one attached hydrogen (secondary N) is 1. The van der Waals surface area contributed by atoms with Crippen LogP contribution in [0, 0.1) is 5.92 Å². The third-order valence-corrected chi connectivity index (χ3v) is 4.36. The Morgan fingerprint density at radius 3 is 3.00 bits per heavy atom. The largest absolute Gasteiger partial charge is 0.316 e. The molecule has 0 radical (unpaired) electrons. The van der Waals surface area contributed by atoms with Gasteiger partial charge >= 0.3 is 0 Å². The molecule has 1 N–H and O–H groups in total. The van der Waals surface area contributed by atoms with E-state index < -0.39 is 0 Å². The quantitative estimate of drug-likeness (QED) is 0.804. The Hall–Kier alpha value is -0.0500. The van der Waals surface area contributed by atoms with Gasteiger partial charge in [-0.25, -0.2) is 0 Å². The summed E-state index contributed by atoms with van der Waals surface area (Å²) in [5.41, 5.74) is 1.39. The van der Waals surface area contributed by atoms with Gasteiger partial charge in [-0.05, 0) is 71.4 Å². The van der Waals surface area contributed by atoms with Crippen molar-refractivity contribution in [2.75, 3.05) is 13.1 Å². The fourth-order valence-electron chi connectivity index (χ4n) is 2.09. The first-order chi connectivity index (χ1) is 7.72. The molecule has 1 aliphatic rings. The van der Waals surface area contributed by atoms with Gasteiger partial charge in [0.2, 0.25) is 0 Å². The number of benzene rings is 1. The Labute approximate surface area is 111 Å². The average molecular weight is 303 g/mol. The van der Waals surface area contributed by atoms with E-state index in [1.54, 1.807) is 0 Å². The minimum Gasteiger partial charge on any atom is -0.316 e. The van der Waals surface area contributed by atoms with Gasteiger partial charge in [0.25, 0.3) is 0 Å². The van der Waals surface area contributed by atoms with Crippen LogP contribution < -0.4 is 5.32 Å². The molecule has 1 aromatic rings. The molecule has 2 rings (SSSR count). The van der Waals surface area contributed by atoms with Crippen molar-refractivity contribution in [1.29, 1.82) is 0 Å². The molecule has 1 saturated carbocycles. The lowest BCUT2D eigenvalue weighted by atomic mass is 10.1. The third kappa shape index (κ3) is 2.99. The van der Waals surface area contributed by atoms with Crippen LogP contribution in [0.3, 0.4) is 0 Å². The summed E-state index contributed by atoms with van der Waals surface area (Å²) in [6.45, 7) is 4.47. The first kappa shape index (κ1) is 12.4. The lowest BCUT2D eigenvalue weighted by molar-refractivity contribution is 0.620. The van der Waals surface area contributed by atoms with E-state index >= 15 is 0 Å². The maximum atomic E-state index is 6.10. The van der Waals surface area contributed by atoms with Crippen LogP contribution in [0.15, 0.2) is 22.7 Å². The maximum absolute atomic E-state index is 6.10. The zero-order valence-corrected chi connectivity index (χ0v) is 11.8. The molecule has 0 saturated heterocycles. The van der Waals surface area contributed by atoms with Crippen LogP contribution >= 0.6 is 27.5 Å². The van der Waals surface area contributed by atoms with Crippen molar-refractivity contribution in [3.63, 3.8) is 0 Å². The van der Waals surface area contributed by atoms with Crippen LogP contribution in [0.4, 0.5) is 0 Å². The summed E-state index contributed by atoms with van der Waals surface area (Å²) >= 11 is 9.52. The van der Waals surface area contributed by atoms with Crippen molar-refractivity contribution >= 4 is 27.5 Å². The molecule has 1 aliphatic carbocycles. The highest BCUT2D eigenvalue weighted by molar-refractivity contribution is 9.10. The molecule has 3 heteroatoms. The molecule has 1 fully saturated rings. The predicted molar refractivity (Wildman–Crippen MR) is 73.2 cm³/mol. The fraction of sp³-hybridized carbons (Fsp3) is 0.538. The Kier molecular flexibility index (Phi) is 4.28. The average Bonchev–Trinajstić information content (AvgIpc) is 3.02. The van der Waals surface area contributed by atoms with Crippen molar-refractivity contribution in [2.24, 2.45) is 5.92 Å². The van der Waals surface area contributed by atoms with Crippen molar-refractivity contribution in [2.45, 2.75) is 25.7 Å². The lowest BCUT2D eigenvalue weighted by Crippen LogP contribution is -2.17. The summed E-state index contributed by atoms with van der Waals surface area (Å²) in [5, 5.41) is 4.30. The topological polar surface area (TPSA) is 12.0 Å². The molecule has 0 bridgehead atoms. The van der Waals surface area contributed by atoms with Crippen LogP contribution in [0.5, 0.6) is 0 Å². The zero-order chi connectivity index (χ0) is 11.5. The van der Waals surface area contributed by atoms with E-state index in [1.807, 2.05) is 6.07 Å². The number of hydrogen-bond acceptors (Lipinski definition) is 1. The van der Waals surface area contributed by atoms with Crippen LogP contribution in [-0.2, 0) is 0 Å². The third-order valence-electron chi connectivity index (χ3n) is 3.13. The number of halogens is 2. The van der Waals surface area contributed by atoms with Gasteiger partial charge in [0.05, 0.1) is 5.02 Å². The molecule has 0 spiro atoms. The molecule has 0 aliphatic heterocycles. The first-order valence-corrected chi connectivity index (χ1v) is 7.05. The number of hydrogen-bond donors (Lipinski definition) is 1. The first-order valence-electron chi connectivity index (χ1n) is 5.88. The highest BCUT2D eigenvalue weighted by Gasteiger charge is 2.37. The second-order valence-electron chi connectivity index (χ2n) is 4.48. The lowest BCUT2D eigenvalue weighted by Gasteiger charge is -2.04. The second-order valence-corrected chi connectivity index (χ2v) is 5.74. The second kappa shape index (κ2) is 5.52. The maximum Gasteiger partial charge on any atom is 0.0550 e. The van der Waals surface area contributed by atoms with E-state index in [0.717, 1.165) is 34.4 Å². The predicted octanol–water partition coefficient (Wildman–Crippen LogP) is 4.21. The monoisotopic (exact) mass is 301 g/mol. The van der Waals surface area contributed by atoms with E-state index in [9.17, 15) is 0 Å². The molecule has 1 nitrogen and oxygen atoms in total. The Bertz CT molecular complexity index is 367. The molecule has 1 aromatic carbocycles. The van der Waals surface area contributed by atoms with Crippen molar-refractivity contribution in [3.05, 3.63) is 33.3 Å². The molecule has 0 heterocycles. The smallest absolute Gasteiger partial charge is 0.0550 e. The van der Waals surface area contributed by atoms with Gasteiger partial charge < -0.3 is 5.32 Å². The standard InChI is InChI=1S/C13H17BrClN/c1-2-5-16-8-10-6-11(10)9-3-4-12(14)13(15)7-9/h3-4,7,10-11,16H,2,5-6,8H2,1H3. The Morgan fingerprint density at radius 1 is 1.50 bits per heavy atom. The summed E-state index contributed by atoms with van der Waals surface area (Å²) < 4.78 is 0.985. The highest BCUT2D eigenvalue weighted by atomic mass is 79.9. The molecule has 0 aromatic heterocycles. The van der Waals surface area contributed by atoms with Gasteiger partial charge in [0.15, 0.2) is 0 Å². The summed E-state index contributed by atoms with van der Waals surface area (Å²) in [7, 11) is 0. The van der Waals surface area contributed by atoms with Gasteiger partial charge in [-0.1, -0.05) is 24.6 Å². The highest BCUT2D eigenvalue weighted by Crippen LogP contribution is 2.47. The van der Waals surface area contributed by atoms with Gasteiger partial charge in [-0.2, -0.15) is 0 Å². The van der Waals surface area contributed by atoms with Gasteiger partial charge in [0, 0.05) is 4.47 Å². The minimum atomic E-state index is 0.718. The minimum absolute atomic E-state index is 0.718. The molecular weight excluding hydrogens is 286 g/mol. The van der Waals surface area contributed by atoms with Crippen LogP contribution in [0.25, 0.3) is 0 Å². The van der Waals surface area contributed by atoms with Crippen LogP contribution in [-0.4, -0.2) is 13.1 Å². The molecule has 2 unspecified atom stereocenters. The SMILES string of the molecule is CCCNCC1CC1c1ccc(Br)c(Cl)c1. The molecule has 0 amide bonds. The molecule has 88 valence electrons. The summed E-state index contributed by atoms with van der Waals surface area (Å²) in [5.74, 6) is 1.53. The van der Waals surface area contributed by atoms with E-state index in [2.05, 4.69) is 40.3 Å². The molecule has 16 heavy (non-hydrogen) atoms. The fourth-order valence-corrected chi connectivity index (χ4v) is 2.52. The van der Waals surface area contributed by atoms with Crippen molar-refractivity contribution in [3.8, 4) is 0 Å². The van der Waals surface area contributed by atoms with E-state index in [0.29, 0.717) is 0 Å². The van der Waals surface area contributed by atoms with Crippen LogP contribution in [0.2, 0.25) is 5.02 Å². The van der Waals surface area contributed by atoms with Crippen molar-refractivity contribution in [1.82, 2.24) is 5.32 Å². The normalized spacial score (nSPS) is 23.4.